The van der Waals surface area contributed by atoms with Gasteiger partial charge in [-0.05, 0) is 0 Å². The molecule has 0 aliphatic heterocycles. The maximum Gasteiger partial charge on any atom is 0.328 e. The molecule has 1 aliphatic rings. The summed E-state index contributed by atoms with van der Waals surface area (Å²) in [5, 5.41) is 2.35. The van der Waals surface area contributed by atoms with Crippen molar-refractivity contribution >= 4 is 49.3 Å². The topological polar surface area (TPSA) is 9.23 Å². The van der Waals surface area contributed by atoms with E-state index in [1.54, 1.807) is 24.2 Å². The summed E-state index contributed by atoms with van der Waals surface area (Å²) in [7, 11) is 3.00. The molecule has 0 aromatic heterocycles. The van der Waals surface area contributed by atoms with Crippen LogP contribution in [0.15, 0.2) is 54.6 Å². The minimum Gasteiger partial charge on any atom is -0.586 e. The second kappa shape index (κ2) is 14.3. The van der Waals surface area contributed by atoms with Crippen molar-refractivity contribution in [1.82, 2.24) is 0 Å². The molecule has 3 rings (SSSR count). The Bertz CT molecular complexity index is 591. The van der Waals surface area contributed by atoms with E-state index in [4.69, 9.17) is 4.43 Å². The van der Waals surface area contributed by atoms with E-state index in [-0.39, 0.29) is 24.8 Å². The Balaban J connectivity index is 0. The van der Waals surface area contributed by atoms with Gasteiger partial charge in [0.1, 0.15) is 0 Å². The molecule has 0 spiro atoms. The number of rotatable bonds is 1. The summed E-state index contributed by atoms with van der Waals surface area (Å²) in [4.78, 5) is 0. The van der Waals surface area contributed by atoms with E-state index in [2.05, 4.69) is 42.6 Å². The number of fused-ring (bicyclic) bond motifs is 1. The van der Waals surface area contributed by atoms with Gasteiger partial charge in [-0.3, -0.25) is 6.08 Å². The first-order valence-corrected chi connectivity index (χ1v) is 8.00. The fourth-order valence-electron chi connectivity index (χ4n) is 1.55. The number of halogens is 2. The summed E-state index contributed by atoms with van der Waals surface area (Å²) < 4.78 is 6.48. The summed E-state index contributed by atoms with van der Waals surface area (Å²) in [6, 6.07) is 12.1. The average molecular weight is 430 g/mol. The molecule has 0 heterocycles. The van der Waals surface area contributed by atoms with Gasteiger partial charge in [-0.2, -0.15) is 12.1 Å². The van der Waals surface area contributed by atoms with Crippen molar-refractivity contribution < 1.29 is 28.7 Å². The zero-order valence-electron chi connectivity index (χ0n) is 12.6. The van der Waals surface area contributed by atoms with E-state index in [1.807, 2.05) is 42.5 Å². The van der Waals surface area contributed by atoms with Gasteiger partial charge in [0.2, 0.25) is 0 Å². The van der Waals surface area contributed by atoms with Crippen molar-refractivity contribution in [2.45, 2.75) is 20.3 Å². The maximum absolute atomic E-state index is 4.97. The fourth-order valence-corrected chi connectivity index (χ4v) is 1.73. The van der Waals surface area contributed by atoms with E-state index < -0.39 is 0 Å². The van der Waals surface area contributed by atoms with Crippen LogP contribution in [-0.4, -0.2) is 13.7 Å². The third kappa shape index (κ3) is 9.63. The van der Waals surface area contributed by atoms with Crippen LogP contribution in [0.2, 0.25) is 0 Å². The van der Waals surface area contributed by atoms with Gasteiger partial charge in [0.05, 0.1) is 0 Å². The van der Waals surface area contributed by atoms with Gasteiger partial charge in [-0.15, -0.1) is 66.3 Å². The molecular weight excluding hydrogens is 410 g/mol. The van der Waals surface area contributed by atoms with Crippen molar-refractivity contribution in [3.8, 4) is 5.75 Å². The van der Waals surface area contributed by atoms with E-state index in [0.29, 0.717) is 0 Å². The Labute approximate surface area is 163 Å². The average Bonchev–Trinajstić information content (AvgIpc) is 3.11. The van der Waals surface area contributed by atoms with Crippen LogP contribution in [0.4, 0.5) is 0 Å². The van der Waals surface area contributed by atoms with E-state index in [0.717, 1.165) is 17.6 Å². The molecule has 5 heteroatoms. The van der Waals surface area contributed by atoms with Gasteiger partial charge in [-0.1, -0.05) is 6.07 Å². The number of allylic oxidation sites excluding steroid dienone is 4. The molecule has 1 aliphatic carbocycles. The van der Waals surface area contributed by atoms with Crippen LogP contribution in [-0.2, 0) is 24.2 Å². The Morgan fingerprint density at radius 3 is 2.32 bits per heavy atom. The second-order valence-electron chi connectivity index (χ2n) is 4.39. The van der Waals surface area contributed by atoms with Crippen molar-refractivity contribution in [2.75, 3.05) is 0 Å². The molecule has 0 atom stereocenters. The molecule has 3 radical (unpaired) electrons. The predicted molar refractivity (Wildman–Crippen MR) is 98.3 cm³/mol. The number of benzene rings is 1. The van der Waals surface area contributed by atoms with Gasteiger partial charge in [-0.25, -0.2) is 12.2 Å². The Morgan fingerprint density at radius 2 is 1.86 bits per heavy atom. The summed E-state index contributed by atoms with van der Waals surface area (Å²) in [5.74, 6) is 0.872. The minimum atomic E-state index is 0. The molecule has 0 N–H and O–H groups in total. The maximum atomic E-state index is 4.97. The predicted octanol–water partition coefficient (Wildman–Crippen LogP) is 4.92. The van der Waals surface area contributed by atoms with Crippen LogP contribution in [0, 0.1) is 6.08 Å². The zero-order chi connectivity index (χ0) is 14.8. The quantitative estimate of drug-likeness (QED) is 0.462. The summed E-state index contributed by atoms with van der Waals surface area (Å²) in [6.45, 7) is 4.25. The molecule has 2 aromatic rings. The molecule has 0 saturated carbocycles. The molecule has 1 nitrogen and oxygen atoms in total. The first-order chi connectivity index (χ1) is 9.65. The summed E-state index contributed by atoms with van der Waals surface area (Å²) in [5.41, 5.74) is 0. The smallest absolute Gasteiger partial charge is 0.328 e. The van der Waals surface area contributed by atoms with Gasteiger partial charge in [0.25, 0.3) is 0 Å². The normalized spacial score (nSPS) is 10.4. The van der Waals surface area contributed by atoms with E-state index in [9.17, 15) is 0 Å². The third-order valence-electron chi connectivity index (χ3n) is 2.34. The number of hydrogen-bond acceptors (Lipinski definition) is 1. The summed E-state index contributed by atoms with van der Waals surface area (Å²) in [6.07, 6.45) is 10.0. The van der Waals surface area contributed by atoms with Crippen LogP contribution in [0.5, 0.6) is 5.75 Å². The monoisotopic (exact) mass is 427 g/mol. The van der Waals surface area contributed by atoms with E-state index >= 15 is 0 Å². The van der Waals surface area contributed by atoms with Crippen LogP contribution >= 0.6 is 24.8 Å². The van der Waals surface area contributed by atoms with Crippen molar-refractivity contribution in [2.24, 2.45) is 0 Å². The molecule has 0 saturated heterocycles. The zero-order valence-corrected chi connectivity index (χ0v) is 17.7. The fraction of sp³-hybridized carbons (Fsp3) is 0.176. The summed E-state index contributed by atoms with van der Waals surface area (Å²) >= 11 is 1.55. The van der Waals surface area contributed by atoms with Crippen LogP contribution < -0.4 is 4.43 Å². The van der Waals surface area contributed by atoms with Crippen molar-refractivity contribution in [1.29, 1.82) is 0 Å². The molecule has 115 valence electrons. The van der Waals surface area contributed by atoms with Crippen LogP contribution in [0.3, 0.4) is 0 Å². The Kier molecular flexibility index (Phi) is 15.5. The molecule has 22 heavy (non-hydrogen) atoms. The molecule has 0 bridgehead atoms. The van der Waals surface area contributed by atoms with Crippen LogP contribution in [0.25, 0.3) is 10.8 Å². The molecule has 0 amide bonds. The standard InChI is InChI=1S/C9H6OSi.C5H5.C3H6.2ClH.Zr/c11-10-9-6-5-7-3-1-2-4-8(7)9;1-2-4-5-3-1;1-3-2;;;/h1-6H;1-3H,4H2;1-2H3;2*1H;/q2*-1;;;;+2. The van der Waals surface area contributed by atoms with E-state index in [1.165, 1.54) is 8.59 Å². The molecule has 0 fully saturated rings. The minimum absolute atomic E-state index is 0. The molecule has 2 aromatic carbocycles. The third-order valence-corrected chi connectivity index (χ3v) is 2.56. The first-order valence-electron chi connectivity index (χ1n) is 6.36. The van der Waals surface area contributed by atoms with Crippen molar-refractivity contribution in [3.63, 3.8) is 0 Å². The first kappa shape index (κ1) is 23.9. The molecule has 0 unspecified atom stereocenters. The van der Waals surface area contributed by atoms with Gasteiger partial charge < -0.3 is 4.43 Å². The number of hydrogen-bond donors (Lipinski definition) is 0. The Hall–Kier alpha value is -0.340. The molecular formula is C17H19Cl2OSiZr. The SMILES string of the molecule is C[C](C)=[Zr+2].Cl.Cl.[C-]1=CC=CC1.[Si]O[c-]1ccc2ccccc21. The largest absolute Gasteiger partial charge is 0.586 e. The Morgan fingerprint density at radius 1 is 1.23 bits per heavy atom. The van der Waals surface area contributed by atoms with Gasteiger partial charge in [0.15, 0.2) is 0 Å². The van der Waals surface area contributed by atoms with Gasteiger partial charge >= 0.3 is 51.8 Å². The second-order valence-corrected chi connectivity index (χ2v) is 7.05. The van der Waals surface area contributed by atoms with Gasteiger partial charge in [0, 0.05) is 5.75 Å². The van der Waals surface area contributed by atoms with Crippen LogP contribution in [0.1, 0.15) is 20.3 Å². The van der Waals surface area contributed by atoms with Crippen molar-refractivity contribution in [3.05, 3.63) is 60.7 Å².